The third kappa shape index (κ3) is 6.12. The number of piperazine rings is 1. The maximum absolute atomic E-state index is 5.45. The molecule has 0 spiro atoms. The lowest BCUT2D eigenvalue weighted by Crippen LogP contribution is -2.43. The summed E-state index contributed by atoms with van der Waals surface area (Å²) in [5, 5.41) is 6.78. The summed E-state index contributed by atoms with van der Waals surface area (Å²) in [5.74, 6) is 2.46. The van der Waals surface area contributed by atoms with Crippen LogP contribution in [0.1, 0.15) is 16.7 Å². The minimum atomic E-state index is 0.310. The first-order valence-corrected chi connectivity index (χ1v) is 11.0. The van der Waals surface area contributed by atoms with Crippen LogP contribution in [0, 0.1) is 0 Å². The van der Waals surface area contributed by atoms with Crippen molar-refractivity contribution in [1.82, 2.24) is 20.4 Å². The molecule has 7 nitrogen and oxygen atoms in total. The van der Waals surface area contributed by atoms with Crippen LogP contribution in [0.5, 0.6) is 11.5 Å². The fourth-order valence-corrected chi connectivity index (χ4v) is 3.85. The first-order chi connectivity index (χ1) is 15.2. The first-order valence-electron chi connectivity index (χ1n) is 11.0. The van der Waals surface area contributed by atoms with E-state index in [1.165, 1.54) is 16.7 Å². The summed E-state index contributed by atoms with van der Waals surface area (Å²) in [6, 6.07) is 15.0. The Labute approximate surface area is 185 Å². The van der Waals surface area contributed by atoms with Gasteiger partial charge in [-0.15, -0.1) is 0 Å². The van der Waals surface area contributed by atoms with Gasteiger partial charge < -0.3 is 25.0 Å². The highest BCUT2D eigenvalue weighted by Crippen LogP contribution is 2.32. The number of hydrogen-bond donors (Lipinski definition) is 2. The number of rotatable bonds is 7. The molecule has 0 bridgehead atoms. The van der Waals surface area contributed by atoms with E-state index in [-0.39, 0.29) is 0 Å². The lowest BCUT2D eigenvalue weighted by atomic mass is 10.1. The summed E-state index contributed by atoms with van der Waals surface area (Å²) < 4.78 is 10.8. The molecule has 2 N–H and O–H groups in total. The van der Waals surface area contributed by atoms with Crippen LogP contribution in [0.2, 0.25) is 0 Å². The molecule has 0 amide bonds. The Morgan fingerprint density at radius 3 is 2.39 bits per heavy atom. The maximum atomic E-state index is 5.45. The lowest BCUT2D eigenvalue weighted by molar-refractivity contribution is 0.148. The quantitative estimate of drug-likeness (QED) is 0.525. The van der Waals surface area contributed by atoms with Crippen molar-refractivity contribution < 1.29 is 9.47 Å². The van der Waals surface area contributed by atoms with Crippen molar-refractivity contribution in [2.24, 2.45) is 4.99 Å². The van der Waals surface area contributed by atoms with Crippen molar-refractivity contribution >= 4 is 5.96 Å². The summed E-state index contributed by atoms with van der Waals surface area (Å²) in [6.07, 6.45) is 0.887. The highest BCUT2D eigenvalue weighted by atomic mass is 16.7. The second-order valence-electron chi connectivity index (χ2n) is 8.19. The van der Waals surface area contributed by atoms with Gasteiger partial charge in [-0.05, 0) is 42.3 Å². The average molecular weight is 424 g/mol. The molecular formula is C24H33N5O2. The highest BCUT2D eigenvalue weighted by molar-refractivity contribution is 5.79. The van der Waals surface area contributed by atoms with Gasteiger partial charge in [0, 0.05) is 52.9 Å². The van der Waals surface area contributed by atoms with Gasteiger partial charge in [-0.2, -0.15) is 0 Å². The van der Waals surface area contributed by atoms with E-state index in [4.69, 9.17) is 9.47 Å². The van der Waals surface area contributed by atoms with Crippen molar-refractivity contribution in [3.05, 3.63) is 59.2 Å². The van der Waals surface area contributed by atoms with Crippen LogP contribution in [0.25, 0.3) is 0 Å². The van der Waals surface area contributed by atoms with Crippen molar-refractivity contribution in [3.8, 4) is 11.5 Å². The molecule has 2 heterocycles. The Kier molecular flexibility index (Phi) is 7.27. The SMILES string of the molecule is CN=C(NCCc1ccc2c(c1)OCO2)NCc1ccc(CN2CCN(C)CC2)cc1. The Morgan fingerprint density at radius 2 is 1.61 bits per heavy atom. The monoisotopic (exact) mass is 423 g/mol. The van der Waals surface area contributed by atoms with E-state index >= 15 is 0 Å². The molecule has 2 aromatic carbocycles. The molecule has 1 saturated heterocycles. The molecule has 0 aliphatic carbocycles. The molecule has 7 heteroatoms. The van der Waals surface area contributed by atoms with Gasteiger partial charge >= 0.3 is 0 Å². The smallest absolute Gasteiger partial charge is 0.231 e. The zero-order valence-corrected chi connectivity index (χ0v) is 18.6. The van der Waals surface area contributed by atoms with Crippen LogP contribution < -0.4 is 20.1 Å². The highest BCUT2D eigenvalue weighted by Gasteiger charge is 2.14. The molecule has 0 aromatic heterocycles. The topological polar surface area (TPSA) is 61.4 Å². The number of benzene rings is 2. The van der Waals surface area contributed by atoms with Crippen LogP contribution in [-0.4, -0.2) is 69.4 Å². The van der Waals surface area contributed by atoms with Crippen molar-refractivity contribution in [2.75, 3.05) is 53.6 Å². The number of hydrogen-bond acceptors (Lipinski definition) is 5. The molecule has 2 aliphatic rings. The minimum Gasteiger partial charge on any atom is -0.454 e. The lowest BCUT2D eigenvalue weighted by Gasteiger charge is -2.32. The molecule has 1 fully saturated rings. The van der Waals surface area contributed by atoms with Crippen LogP contribution in [0.15, 0.2) is 47.5 Å². The maximum Gasteiger partial charge on any atom is 0.231 e. The Hall–Kier alpha value is -2.77. The molecule has 0 atom stereocenters. The number of nitrogens with zero attached hydrogens (tertiary/aromatic N) is 3. The molecule has 2 aromatic rings. The largest absolute Gasteiger partial charge is 0.454 e. The third-order valence-electron chi connectivity index (χ3n) is 5.85. The van der Waals surface area contributed by atoms with Crippen LogP contribution >= 0.6 is 0 Å². The number of ether oxygens (including phenoxy) is 2. The van der Waals surface area contributed by atoms with Gasteiger partial charge in [-0.25, -0.2) is 0 Å². The first kappa shape index (κ1) is 21.5. The predicted molar refractivity (Wildman–Crippen MR) is 124 cm³/mol. The fraction of sp³-hybridized carbons (Fsp3) is 0.458. The number of nitrogens with one attached hydrogen (secondary N) is 2. The van der Waals surface area contributed by atoms with Crippen molar-refractivity contribution in [3.63, 3.8) is 0 Å². The molecule has 0 saturated carbocycles. The zero-order chi connectivity index (χ0) is 21.5. The van der Waals surface area contributed by atoms with E-state index in [1.54, 1.807) is 7.05 Å². The Bertz CT molecular complexity index is 876. The number of likely N-dealkylation sites (N-methyl/N-ethyl adjacent to an activating group) is 1. The Morgan fingerprint density at radius 1 is 0.903 bits per heavy atom. The summed E-state index contributed by atoms with van der Waals surface area (Å²) in [6.45, 7) is 7.49. The van der Waals surface area contributed by atoms with Gasteiger partial charge in [0.2, 0.25) is 6.79 Å². The number of aliphatic imine (C=N–C) groups is 1. The van der Waals surface area contributed by atoms with Crippen LogP contribution in [0.4, 0.5) is 0 Å². The van der Waals surface area contributed by atoms with Gasteiger partial charge in [-0.1, -0.05) is 30.3 Å². The third-order valence-corrected chi connectivity index (χ3v) is 5.85. The van der Waals surface area contributed by atoms with Gasteiger partial charge in [0.1, 0.15) is 0 Å². The summed E-state index contributed by atoms with van der Waals surface area (Å²) in [7, 11) is 3.99. The van der Waals surface area contributed by atoms with E-state index in [0.29, 0.717) is 6.79 Å². The zero-order valence-electron chi connectivity index (χ0n) is 18.6. The van der Waals surface area contributed by atoms with E-state index in [9.17, 15) is 0 Å². The van der Waals surface area contributed by atoms with Crippen LogP contribution in [-0.2, 0) is 19.5 Å². The minimum absolute atomic E-state index is 0.310. The van der Waals surface area contributed by atoms with Crippen LogP contribution in [0.3, 0.4) is 0 Å². The fourth-order valence-electron chi connectivity index (χ4n) is 3.85. The molecule has 0 radical (unpaired) electrons. The Balaban J connectivity index is 1.18. The number of guanidine groups is 1. The van der Waals surface area contributed by atoms with Crippen molar-refractivity contribution in [2.45, 2.75) is 19.5 Å². The standard InChI is InChI=1S/C24H33N5O2/c1-25-24(26-10-9-19-7-8-22-23(15-19)31-18-30-22)27-16-20-3-5-21(6-4-20)17-29-13-11-28(2)12-14-29/h3-8,15H,9-14,16-18H2,1-2H3,(H2,25,26,27). The molecule has 4 rings (SSSR count). The van der Waals surface area contributed by atoms with Gasteiger partial charge in [-0.3, -0.25) is 9.89 Å². The van der Waals surface area contributed by atoms with Gasteiger partial charge in [0.25, 0.3) is 0 Å². The second-order valence-corrected chi connectivity index (χ2v) is 8.19. The second kappa shape index (κ2) is 10.5. The average Bonchev–Trinajstić information content (AvgIpc) is 3.26. The van der Waals surface area contributed by atoms with Crippen molar-refractivity contribution in [1.29, 1.82) is 0 Å². The summed E-state index contributed by atoms with van der Waals surface area (Å²) >= 11 is 0. The predicted octanol–water partition coefficient (Wildman–Crippen LogP) is 2.07. The van der Waals surface area contributed by atoms with Gasteiger partial charge in [0.05, 0.1) is 0 Å². The number of fused-ring (bicyclic) bond motifs is 1. The van der Waals surface area contributed by atoms with E-state index in [2.05, 4.69) is 62.8 Å². The summed E-state index contributed by atoms with van der Waals surface area (Å²) in [5.41, 5.74) is 3.84. The van der Waals surface area contributed by atoms with E-state index < -0.39 is 0 Å². The molecule has 2 aliphatic heterocycles. The van der Waals surface area contributed by atoms with Gasteiger partial charge in [0.15, 0.2) is 17.5 Å². The summed E-state index contributed by atoms with van der Waals surface area (Å²) in [4.78, 5) is 9.25. The molecular weight excluding hydrogens is 390 g/mol. The van der Waals surface area contributed by atoms with E-state index in [1.807, 2.05) is 12.1 Å². The molecule has 166 valence electrons. The molecule has 0 unspecified atom stereocenters. The van der Waals surface area contributed by atoms with E-state index in [0.717, 1.165) is 69.7 Å². The molecule has 31 heavy (non-hydrogen) atoms. The normalized spacial score (nSPS) is 17.0.